The van der Waals surface area contributed by atoms with Crippen molar-refractivity contribution < 1.29 is 19.0 Å². The number of carbonyl (C=O) groups is 1. The van der Waals surface area contributed by atoms with Crippen molar-refractivity contribution in [3.05, 3.63) is 30.2 Å². The Morgan fingerprint density at radius 3 is 2.92 bits per heavy atom. The van der Waals surface area contributed by atoms with Crippen molar-refractivity contribution in [3.63, 3.8) is 0 Å². The Morgan fingerprint density at radius 2 is 2.21 bits per heavy atom. The monoisotopic (exact) mass is 335 g/mol. The highest BCUT2D eigenvalue weighted by molar-refractivity contribution is 5.86. The number of halogens is 1. The lowest BCUT2D eigenvalue weighted by atomic mass is 9.96. The molecule has 0 unspecified atom stereocenters. The molecule has 2 aromatic rings. The average molecular weight is 335 g/mol. The van der Waals surface area contributed by atoms with Gasteiger partial charge in [-0.25, -0.2) is 14.2 Å². The van der Waals surface area contributed by atoms with E-state index < -0.39 is 11.6 Å². The summed E-state index contributed by atoms with van der Waals surface area (Å²) in [5, 5.41) is 9.05. The number of rotatable bonds is 6. The van der Waals surface area contributed by atoms with Crippen LogP contribution in [0.25, 0.3) is 5.65 Å². The van der Waals surface area contributed by atoms with Crippen LogP contribution in [-0.4, -0.2) is 57.3 Å². The predicted molar refractivity (Wildman–Crippen MR) is 87.5 cm³/mol. The highest BCUT2D eigenvalue weighted by Crippen LogP contribution is 2.25. The first-order chi connectivity index (χ1) is 11.4. The van der Waals surface area contributed by atoms with Gasteiger partial charge in [0.05, 0.1) is 12.8 Å². The second-order valence-corrected chi connectivity index (χ2v) is 6.50. The predicted octanol–water partition coefficient (Wildman–Crippen LogP) is 2.63. The molecule has 0 bridgehead atoms. The van der Waals surface area contributed by atoms with Gasteiger partial charge in [-0.1, -0.05) is 0 Å². The molecule has 1 saturated heterocycles. The first-order valence-corrected chi connectivity index (χ1v) is 8.19. The molecule has 1 aliphatic rings. The van der Waals surface area contributed by atoms with Gasteiger partial charge in [-0.15, -0.1) is 0 Å². The Hall–Kier alpha value is -2.15. The van der Waals surface area contributed by atoms with Crippen LogP contribution in [0.15, 0.2) is 24.5 Å². The number of carboxylic acids is 1. The van der Waals surface area contributed by atoms with Gasteiger partial charge in [0, 0.05) is 31.9 Å². The van der Waals surface area contributed by atoms with Gasteiger partial charge in [-0.2, -0.15) is 0 Å². The number of aromatic carboxylic acids is 1. The Labute approximate surface area is 139 Å². The van der Waals surface area contributed by atoms with Crippen LogP contribution in [0.3, 0.4) is 0 Å². The molecule has 3 heterocycles. The number of imidazole rings is 1. The van der Waals surface area contributed by atoms with Crippen LogP contribution in [0, 0.1) is 0 Å². The molecule has 6 nitrogen and oxygen atoms in total. The molecule has 0 spiro atoms. The summed E-state index contributed by atoms with van der Waals surface area (Å²) in [4.78, 5) is 17.4. The fourth-order valence-electron chi connectivity index (χ4n) is 2.93. The van der Waals surface area contributed by atoms with E-state index in [1.807, 2.05) is 0 Å². The Bertz CT molecular complexity index is 719. The zero-order valence-electron chi connectivity index (χ0n) is 13.7. The smallest absolute Gasteiger partial charge is 0.354 e. The van der Waals surface area contributed by atoms with Crippen LogP contribution >= 0.6 is 0 Å². The summed E-state index contributed by atoms with van der Waals surface area (Å²) in [6, 6.07) is 3.46. The SMILES string of the molecule is CC1(F)CCN(CCCOc2ccn3c(C(=O)O)cnc3c2)CC1. The highest BCUT2D eigenvalue weighted by atomic mass is 19.1. The lowest BCUT2D eigenvalue weighted by molar-refractivity contribution is 0.0687. The van der Waals surface area contributed by atoms with E-state index in [9.17, 15) is 9.18 Å². The lowest BCUT2D eigenvalue weighted by Gasteiger charge is -2.34. The number of hydrogen-bond acceptors (Lipinski definition) is 4. The minimum Gasteiger partial charge on any atom is -0.493 e. The molecule has 130 valence electrons. The first-order valence-electron chi connectivity index (χ1n) is 8.19. The molecule has 0 aliphatic carbocycles. The molecule has 7 heteroatoms. The van der Waals surface area contributed by atoms with Gasteiger partial charge in [-0.05, 0) is 32.3 Å². The van der Waals surface area contributed by atoms with Gasteiger partial charge in [0.1, 0.15) is 17.1 Å². The normalized spacial score (nSPS) is 17.9. The van der Waals surface area contributed by atoms with E-state index in [0.717, 1.165) is 26.1 Å². The Morgan fingerprint density at radius 1 is 1.46 bits per heavy atom. The molecule has 0 radical (unpaired) electrons. The maximum Gasteiger partial charge on any atom is 0.354 e. The molecular weight excluding hydrogens is 313 g/mol. The number of hydrogen-bond donors (Lipinski definition) is 1. The van der Waals surface area contributed by atoms with E-state index >= 15 is 0 Å². The maximum absolute atomic E-state index is 13.7. The zero-order valence-corrected chi connectivity index (χ0v) is 13.7. The fraction of sp³-hybridized carbons (Fsp3) is 0.529. The number of likely N-dealkylation sites (tertiary alicyclic amines) is 1. The number of carboxylic acid groups (broad SMARTS) is 1. The maximum atomic E-state index is 13.7. The molecule has 1 fully saturated rings. The van der Waals surface area contributed by atoms with E-state index in [4.69, 9.17) is 9.84 Å². The number of nitrogens with zero attached hydrogens (tertiary/aromatic N) is 3. The summed E-state index contributed by atoms with van der Waals surface area (Å²) in [7, 11) is 0. The summed E-state index contributed by atoms with van der Waals surface area (Å²) in [5.41, 5.74) is -0.341. The molecule has 0 aromatic carbocycles. The number of alkyl halides is 1. The van der Waals surface area contributed by atoms with E-state index in [1.54, 1.807) is 25.3 Å². The lowest BCUT2D eigenvalue weighted by Crippen LogP contribution is -2.40. The third-order valence-corrected chi connectivity index (χ3v) is 4.49. The van der Waals surface area contributed by atoms with E-state index in [0.29, 0.717) is 30.8 Å². The van der Waals surface area contributed by atoms with E-state index in [1.165, 1.54) is 10.6 Å². The Kier molecular flexibility index (Phi) is 4.71. The fourth-order valence-corrected chi connectivity index (χ4v) is 2.93. The first kappa shape index (κ1) is 16.7. The number of ether oxygens (including phenoxy) is 1. The molecule has 0 atom stereocenters. The summed E-state index contributed by atoms with van der Waals surface area (Å²) in [6.45, 7) is 4.72. The topological polar surface area (TPSA) is 67.1 Å². The Balaban J connectivity index is 1.47. The molecule has 24 heavy (non-hydrogen) atoms. The van der Waals surface area contributed by atoms with Crippen molar-refractivity contribution in [2.24, 2.45) is 0 Å². The van der Waals surface area contributed by atoms with Crippen molar-refractivity contribution in [3.8, 4) is 5.75 Å². The van der Waals surface area contributed by atoms with Crippen molar-refractivity contribution in [1.82, 2.24) is 14.3 Å². The molecule has 0 saturated carbocycles. The van der Waals surface area contributed by atoms with Gasteiger partial charge in [0.15, 0.2) is 5.69 Å². The van der Waals surface area contributed by atoms with Crippen molar-refractivity contribution in [2.75, 3.05) is 26.2 Å². The minimum absolute atomic E-state index is 0.126. The van der Waals surface area contributed by atoms with Crippen molar-refractivity contribution >= 4 is 11.6 Å². The van der Waals surface area contributed by atoms with Crippen LogP contribution < -0.4 is 4.74 Å². The second-order valence-electron chi connectivity index (χ2n) is 6.50. The van der Waals surface area contributed by atoms with Gasteiger partial charge in [0.2, 0.25) is 0 Å². The molecule has 1 N–H and O–H groups in total. The third-order valence-electron chi connectivity index (χ3n) is 4.49. The quantitative estimate of drug-likeness (QED) is 0.822. The molecule has 2 aromatic heterocycles. The largest absolute Gasteiger partial charge is 0.493 e. The van der Waals surface area contributed by atoms with Gasteiger partial charge in [0.25, 0.3) is 0 Å². The second kappa shape index (κ2) is 6.76. The number of fused-ring (bicyclic) bond motifs is 1. The number of aromatic nitrogens is 2. The van der Waals surface area contributed by atoms with Crippen molar-refractivity contribution in [2.45, 2.75) is 31.9 Å². The summed E-state index contributed by atoms with van der Waals surface area (Å²) >= 11 is 0. The van der Waals surface area contributed by atoms with E-state index in [-0.39, 0.29) is 5.69 Å². The summed E-state index contributed by atoms with van der Waals surface area (Å²) in [6.07, 6.45) is 5.03. The molecule has 3 rings (SSSR count). The number of pyridine rings is 1. The van der Waals surface area contributed by atoms with Crippen LogP contribution in [0.1, 0.15) is 36.7 Å². The molecular formula is C17H22FN3O3. The van der Waals surface area contributed by atoms with Crippen LogP contribution in [0.2, 0.25) is 0 Å². The van der Waals surface area contributed by atoms with Crippen LogP contribution in [0.4, 0.5) is 4.39 Å². The zero-order chi connectivity index (χ0) is 17.2. The van der Waals surface area contributed by atoms with Crippen LogP contribution in [-0.2, 0) is 0 Å². The summed E-state index contributed by atoms with van der Waals surface area (Å²) < 4.78 is 21.0. The van der Waals surface area contributed by atoms with Crippen molar-refractivity contribution in [1.29, 1.82) is 0 Å². The highest BCUT2D eigenvalue weighted by Gasteiger charge is 2.28. The van der Waals surface area contributed by atoms with E-state index in [2.05, 4.69) is 9.88 Å². The van der Waals surface area contributed by atoms with Gasteiger partial charge >= 0.3 is 5.97 Å². The van der Waals surface area contributed by atoms with Gasteiger partial charge < -0.3 is 14.7 Å². The molecule has 0 amide bonds. The minimum atomic E-state index is -1.01. The van der Waals surface area contributed by atoms with Gasteiger partial charge in [-0.3, -0.25) is 4.40 Å². The standard InChI is InChI=1S/C17H22FN3O3/c1-17(18)4-8-20(9-5-17)6-2-10-24-13-3-7-21-14(16(22)23)12-19-15(21)11-13/h3,7,11-12H,2,4-6,8-10H2,1H3,(H,22,23). The summed E-state index contributed by atoms with van der Waals surface area (Å²) in [5.74, 6) is -0.345. The van der Waals surface area contributed by atoms with Crippen LogP contribution in [0.5, 0.6) is 5.75 Å². The number of piperidine rings is 1. The average Bonchev–Trinajstić information content (AvgIpc) is 2.96. The third kappa shape index (κ3) is 3.84. The molecule has 1 aliphatic heterocycles.